The van der Waals surface area contributed by atoms with Gasteiger partial charge in [0.05, 0.1) is 7.11 Å². The van der Waals surface area contributed by atoms with E-state index in [9.17, 15) is 4.79 Å². The minimum Gasteiger partial charge on any atom is -0.495 e. The Hall–Kier alpha value is -1.77. The highest BCUT2D eigenvalue weighted by atomic mass is 16.5. The number of ether oxygens (including phenoxy) is 2. The molecule has 4 saturated carbocycles. The zero-order valence-electron chi connectivity index (χ0n) is 13.7. The van der Waals surface area contributed by atoms with Gasteiger partial charge in [0.25, 0.3) is 0 Å². The van der Waals surface area contributed by atoms with Crippen LogP contribution in [0, 0.1) is 23.7 Å². The standard InChI is InChI=1S/C20H24O3/c1-3-14-5-4-6-17(19(14)22-2)20(21)23-18-15-8-12-7-13(10-15)11-16(18)9-12/h3-6,12-13,15-16,18H,1,7-11H2,2H3. The first-order valence-electron chi connectivity index (χ1n) is 8.70. The van der Waals surface area contributed by atoms with Crippen LogP contribution in [-0.4, -0.2) is 19.2 Å². The van der Waals surface area contributed by atoms with E-state index >= 15 is 0 Å². The van der Waals surface area contributed by atoms with E-state index in [2.05, 4.69) is 6.58 Å². The van der Waals surface area contributed by atoms with Crippen LogP contribution in [0.5, 0.6) is 5.75 Å². The summed E-state index contributed by atoms with van der Waals surface area (Å²) in [5, 5.41) is 0. The molecule has 3 heteroatoms. The number of benzene rings is 1. The molecule has 122 valence electrons. The molecule has 5 rings (SSSR count). The van der Waals surface area contributed by atoms with Gasteiger partial charge in [-0.15, -0.1) is 0 Å². The van der Waals surface area contributed by atoms with Gasteiger partial charge in [0, 0.05) is 5.56 Å². The fraction of sp³-hybridized carbons (Fsp3) is 0.550. The topological polar surface area (TPSA) is 35.5 Å². The van der Waals surface area contributed by atoms with Gasteiger partial charge in [-0.1, -0.05) is 24.8 Å². The van der Waals surface area contributed by atoms with E-state index in [1.165, 1.54) is 32.1 Å². The lowest BCUT2D eigenvalue weighted by Crippen LogP contribution is -2.50. The average Bonchev–Trinajstić information content (AvgIpc) is 2.56. The van der Waals surface area contributed by atoms with Crippen molar-refractivity contribution in [3.05, 3.63) is 35.9 Å². The zero-order chi connectivity index (χ0) is 16.0. The first kappa shape index (κ1) is 14.8. The molecule has 23 heavy (non-hydrogen) atoms. The van der Waals surface area contributed by atoms with Crippen molar-refractivity contribution >= 4 is 12.0 Å². The molecule has 0 amide bonds. The van der Waals surface area contributed by atoms with Gasteiger partial charge in [-0.3, -0.25) is 0 Å². The molecule has 0 N–H and O–H groups in total. The molecule has 4 aliphatic rings. The molecule has 0 atom stereocenters. The molecule has 0 radical (unpaired) electrons. The van der Waals surface area contributed by atoms with Crippen molar-refractivity contribution in [2.24, 2.45) is 23.7 Å². The summed E-state index contributed by atoms with van der Waals surface area (Å²) in [5.41, 5.74) is 1.34. The van der Waals surface area contributed by atoms with E-state index in [1.807, 2.05) is 12.1 Å². The molecule has 4 bridgehead atoms. The maximum atomic E-state index is 12.7. The number of carbonyl (C=O) groups is 1. The summed E-state index contributed by atoms with van der Waals surface area (Å²) in [6.45, 7) is 3.78. The first-order valence-corrected chi connectivity index (χ1v) is 8.70. The molecule has 4 aliphatic carbocycles. The lowest BCUT2D eigenvalue weighted by molar-refractivity contribution is -0.101. The summed E-state index contributed by atoms with van der Waals surface area (Å²) in [4.78, 5) is 12.7. The normalized spacial score (nSPS) is 34.2. The summed E-state index contributed by atoms with van der Waals surface area (Å²) in [7, 11) is 1.59. The van der Waals surface area contributed by atoms with Crippen LogP contribution in [0.25, 0.3) is 6.08 Å². The highest BCUT2D eigenvalue weighted by Gasteiger charge is 2.50. The fourth-order valence-corrected chi connectivity index (χ4v) is 5.36. The largest absolute Gasteiger partial charge is 0.495 e. The van der Waals surface area contributed by atoms with Gasteiger partial charge in [-0.2, -0.15) is 0 Å². The Labute approximate surface area is 137 Å². The van der Waals surface area contributed by atoms with Crippen LogP contribution in [0.15, 0.2) is 24.8 Å². The van der Waals surface area contributed by atoms with Crippen LogP contribution < -0.4 is 4.74 Å². The highest BCUT2D eigenvalue weighted by molar-refractivity contribution is 5.94. The smallest absolute Gasteiger partial charge is 0.342 e. The first-order chi connectivity index (χ1) is 11.2. The van der Waals surface area contributed by atoms with E-state index in [0.29, 0.717) is 23.1 Å². The van der Waals surface area contributed by atoms with Crippen molar-refractivity contribution in [3.63, 3.8) is 0 Å². The van der Waals surface area contributed by atoms with Crippen molar-refractivity contribution in [3.8, 4) is 5.75 Å². The second-order valence-corrected chi connectivity index (χ2v) is 7.43. The van der Waals surface area contributed by atoms with Crippen molar-refractivity contribution in [1.29, 1.82) is 0 Å². The van der Waals surface area contributed by atoms with Gasteiger partial charge in [-0.25, -0.2) is 4.79 Å². The van der Waals surface area contributed by atoms with Crippen LogP contribution in [0.3, 0.4) is 0 Å². The van der Waals surface area contributed by atoms with E-state index in [-0.39, 0.29) is 12.1 Å². The lowest BCUT2D eigenvalue weighted by Gasteiger charge is -2.53. The number of hydrogen-bond donors (Lipinski definition) is 0. The third-order valence-corrected chi connectivity index (χ3v) is 6.07. The quantitative estimate of drug-likeness (QED) is 0.777. The van der Waals surface area contributed by atoms with Crippen LogP contribution in [0.4, 0.5) is 0 Å². The molecule has 3 nitrogen and oxygen atoms in total. The van der Waals surface area contributed by atoms with Crippen molar-refractivity contribution in [1.82, 2.24) is 0 Å². The number of esters is 1. The molecule has 1 aromatic rings. The van der Waals surface area contributed by atoms with Gasteiger partial charge in [0.15, 0.2) is 0 Å². The van der Waals surface area contributed by atoms with Crippen LogP contribution in [-0.2, 0) is 4.74 Å². The van der Waals surface area contributed by atoms with Gasteiger partial charge in [0.1, 0.15) is 17.4 Å². The second-order valence-electron chi connectivity index (χ2n) is 7.43. The summed E-state index contributed by atoms with van der Waals surface area (Å²) < 4.78 is 11.4. The summed E-state index contributed by atoms with van der Waals surface area (Å²) in [5.74, 6) is 3.23. The van der Waals surface area contributed by atoms with Gasteiger partial charge < -0.3 is 9.47 Å². The number of hydrogen-bond acceptors (Lipinski definition) is 3. The fourth-order valence-electron chi connectivity index (χ4n) is 5.36. The zero-order valence-corrected chi connectivity index (χ0v) is 13.7. The SMILES string of the molecule is C=Cc1cccc(C(=O)OC2C3CC4CC(C3)CC2C4)c1OC. The Bertz CT molecular complexity index is 606. The van der Waals surface area contributed by atoms with E-state index in [4.69, 9.17) is 9.47 Å². The average molecular weight is 312 g/mol. The van der Waals surface area contributed by atoms with E-state index in [1.54, 1.807) is 19.3 Å². The summed E-state index contributed by atoms with van der Waals surface area (Å²) in [6.07, 6.45) is 8.20. The molecule has 4 fully saturated rings. The van der Waals surface area contributed by atoms with Crippen molar-refractivity contribution < 1.29 is 14.3 Å². The predicted octanol–water partition coefficient (Wildman–Crippen LogP) is 4.32. The third kappa shape index (κ3) is 2.46. The molecule has 0 aromatic heterocycles. The van der Waals surface area contributed by atoms with E-state index < -0.39 is 0 Å². The van der Waals surface area contributed by atoms with Crippen LogP contribution in [0.2, 0.25) is 0 Å². The Kier molecular flexibility index (Phi) is 3.67. The maximum absolute atomic E-state index is 12.7. The van der Waals surface area contributed by atoms with Gasteiger partial charge in [-0.05, 0) is 61.8 Å². The Morgan fingerprint density at radius 2 is 1.78 bits per heavy atom. The molecule has 0 saturated heterocycles. The van der Waals surface area contributed by atoms with Crippen molar-refractivity contribution in [2.75, 3.05) is 7.11 Å². The van der Waals surface area contributed by atoms with Crippen LogP contribution in [0.1, 0.15) is 48.0 Å². The Morgan fingerprint density at radius 1 is 1.13 bits per heavy atom. The molecular formula is C20H24O3. The van der Waals surface area contributed by atoms with Crippen molar-refractivity contribution in [2.45, 2.75) is 38.2 Å². The highest BCUT2D eigenvalue weighted by Crippen LogP contribution is 2.54. The molecule has 0 unspecified atom stereocenters. The second kappa shape index (κ2) is 5.70. The number of methoxy groups -OCH3 is 1. The number of para-hydroxylation sites is 1. The van der Waals surface area contributed by atoms with Crippen LogP contribution >= 0.6 is 0 Å². The predicted molar refractivity (Wildman–Crippen MR) is 89.3 cm³/mol. The monoisotopic (exact) mass is 312 g/mol. The minimum atomic E-state index is -0.247. The van der Waals surface area contributed by atoms with Gasteiger partial charge >= 0.3 is 5.97 Å². The van der Waals surface area contributed by atoms with Gasteiger partial charge in [0.2, 0.25) is 0 Å². The lowest BCUT2D eigenvalue weighted by atomic mass is 9.55. The number of carbonyl (C=O) groups excluding carboxylic acids is 1. The van der Waals surface area contributed by atoms with E-state index in [0.717, 1.165) is 17.4 Å². The summed E-state index contributed by atoms with van der Waals surface area (Å²) >= 11 is 0. The molecule has 0 heterocycles. The number of rotatable bonds is 4. The molecule has 0 spiro atoms. The molecular weight excluding hydrogens is 288 g/mol. The Morgan fingerprint density at radius 3 is 2.35 bits per heavy atom. The Balaban J connectivity index is 1.56. The molecule has 0 aliphatic heterocycles. The molecule has 1 aromatic carbocycles. The third-order valence-electron chi connectivity index (χ3n) is 6.07. The maximum Gasteiger partial charge on any atom is 0.342 e. The summed E-state index contributed by atoms with van der Waals surface area (Å²) in [6, 6.07) is 5.53. The minimum absolute atomic E-state index is 0.104.